The van der Waals surface area contributed by atoms with Crippen LogP contribution in [-0.4, -0.2) is 15.4 Å². The standard InChI is InChI=1S/C8H3F2NO2S/c9-4-1-3-6(2-5(4)10)14-11-7(3)8(12)13/h1-2H,(H,12,13). The summed E-state index contributed by atoms with van der Waals surface area (Å²) < 4.78 is 29.4. The minimum atomic E-state index is -1.25. The Bertz CT molecular complexity index is 523. The van der Waals surface area contributed by atoms with Crippen molar-refractivity contribution in [2.75, 3.05) is 0 Å². The fourth-order valence-electron chi connectivity index (χ4n) is 1.09. The molecule has 0 radical (unpaired) electrons. The molecule has 2 rings (SSSR count). The zero-order valence-electron chi connectivity index (χ0n) is 6.62. The van der Waals surface area contributed by atoms with Gasteiger partial charge in [0.15, 0.2) is 17.3 Å². The Morgan fingerprint density at radius 1 is 1.36 bits per heavy atom. The molecule has 14 heavy (non-hydrogen) atoms. The first-order valence-corrected chi connectivity index (χ1v) is 4.34. The molecule has 1 N–H and O–H groups in total. The van der Waals surface area contributed by atoms with Crippen molar-refractivity contribution >= 4 is 27.6 Å². The van der Waals surface area contributed by atoms with Gasteiger partial charge in [-0.3, -0.25) is 0 Å². The van der Waals surface area contributed by atoms with E-state index in [4.69, 9.17) is 5.11 Å². The number of halogens is 2. The Morgan fingerprint density at radius 2 is 2.00 bits per heavy atom. The quantitative estimate of drug-likeness (QED) is 0.793. The van der Waals surface area contributed by atoms with Gasteiger partial charge in [-0.05, 0) is 23.7 Å². The van der Waals surface area contributed by atoms with E-state index in [1.165, 1.54) is 0 Å². The third-order valence-corrected chi connectivity index (χ3v) is 2.52. The molecular formula is C8H3F2NO2S. The summed E-state index contributed by atoms with van der Waals surface area (Å²) in [5.41, 5.74) is -0.246. The van der Waals surface area contributed by atoms with E-state index in [-0.39, 0.29) is 11.1 Å². The van der Waals surface area contributed by atoms with Gasteiger partial charge >= 0.3 is 5.97 Å². The Morgan fingerprint density at radius 3 is 2.64 bits per heavy atom. The average molecular weight is 215 g/mol. The molecule has 1 aromatic heterocycles. The van der Waals surface area contributed by atoms with Crippen LogP contribution in [-0.2, 0) is 0 Å². The van der Waals surface area contributed by atoms with Crippen LogP contribution < -0.4 is 0 Å². The van der Waals surface area contributed by atoms with Gasteiger partial charge in [-0.2, -0.15) is 4.37 Å². The third-order valence-electron chi connectivity index (χ3n) is 1.72. The molecule has 1 heterocycles. The molecule has 0 saturated carbocycles. The lowest BCUT2D eigenvalue weighted by Gasteiger charge is -1.93. The Kier molecular flexibility index (Phi) is 1.92. The number of aromatic nitrogens is 1. The van der Waals surface area contributed by atoms with Crippen molar-refractivity contribution in [2.24, 2.45) is 0 Å². The number of carbonyl (C=O) groups is 1. The summed E-state index contributed by atoms with van der Waals surface area (Å²) in [6.07, 6.45) is 0. The largest absolute Gasteiger partial charge is 0.476 e. The molecular weight excluding hydrogens is 212 g/mol. The molecule has 0 amide bonds. The molecule has 0 fully saturated rings. The Labute approximate surface area is 80.8 Å². The second-order valence-electron chi connectivity index (χ2n) is 2.60. The molecule has 0 unspecified atom stereocenters. The summed E-state index contributed by atoms with van der Waals surface area (Å²) >= 11 is 0.828. The highest BCUT2D eigenvalue weighted by molar-refractivity contribution is 7.13. The van der Waals surface area contributed by atoms with E-state index < -0.39 is 17.6 Å². The van der Waals surface area contributed by atoms with Gasteiger partial charge in [0.05, 0.1) is 4.70 Å². The predicted molar refractivity (Wildman–Crippen MR) is 46.5 cm³/mol. The minimum absolute atomic E-state index is 0.126. The molecule has 0 atom stereocenters. The summed E-state index contributed by atoms with van der Waals surface area (Å²) in [5.74, 6) is -3.32. The topological polar surface area (TPSA) is 50.2 Å². The summed E-state index contributed by atoms with van der Waals surface area (Å²) in [7, 11) is 0. The van der Waals surface area contributed by atoms with Crippen LogP contribution in [0.1, 0.15) is 10.5 Å². The van der Waals surface area contributed by atoms with Crippen LogP contribution >= 0.6 is 11.5 Å². The molecule has 6 heteroatoms. The first-order chi connectivity index (χ1) is 6.59. The number of fused-ring (bicyclic) bond motifs is 1. The lowest BCUT2D eigenvalue weighted by atomic mass is 10.2. The first kappa shape index (κ1) is 9.01. The van der Waals surface area contributed by atoms with E-state index in [9.17, 15) is 13.6 Å². The minimum Gasteiger partial charge on any atom is -0.476 e. The predicted octanol–water partition coefficient (Wildman–Crippen LogP) is 2.27. The fraction of sp³-hybridized carbons (Fsp3) is 0. The number of nitrogens with zero attached hydrogens (tertiary/aromatic N) is 1. The SMILES string of the molecule is O=C(O)c1nsc2cc(F)c(F)cc12. The van der Waals surface area contributed by atoms with E-state index in [0.29, 0.717) is 4.70 Å². The van der Waals surface area contributed by atoms with Crippen LogP contribution in [0, 0.1) is 11.6 Å². The highest BCUT2D eigenvalue weighted by Crippen LogP contribution is 2.25. The van der Waals surface area contributed by atoms with Crippen LogP contribution in [0.5, 0.6) is 0 Å². The molecule has 1 aromatic carbocycles. The zero-order chi connectivity index (χ0) is 10.3. The molecule has 0 aliphatic heterocycles. The van der Waals surface area contributed by atoms with Gasteiger partial charge in [0.2, 0.25) is 0 Å². The van der Waals surface area contributed by atoms with Gasteiger partial charge < -0.3 is 5.11 Å². The van der Waals surface area contributed by atoms with E-state index >= 15 is 0 Å². The summed E-state index contributed by atoms with van der Waals surface area (Å²) in [6, 6.07) is 1.78. The number of carboxylic acids is 1. The van der Waals surface area contributed by atoms with Crippen LogP contribution in [0.2, 0.25) is 0 Å². The van der Waals surface area contributed by atoms with Gasteiger partial charge in [-0.1, -0.05) is 0 Å². The van der Waals surface area contributed by atoms with E-state index in [0.717, 1.165) is 23.7 Å². The molecule has 3 nitrogen and oxygen atoms in total. The Balaban J connectivity index is 2.80. The summed E-state index contributed by atoms with van der Waals surface area (Å²) in [5, 5.41) is 8.79. The van der Waals surface area contributed by atoms with Crippen LogP contribution in [0.25, 0.3) is 10.1 Å². The van der Waals surface area contributed by atoms with Crippen molar-refractivity contribution in [1.29, 1.82) is 0 Å². The highest BCUT2D eigenvalue weighted by atomic mass is 32.1. The van der Waals surface area contributed by atoms with Crippen LogP contribution in [0.4, 0.5) is 8.78 Å². The monoisotopic (exact) mass is 215 g/mol. The highest BCUT2D eigenvalue weighted by Gasteiger charge is 2.15. The van der Waals surface area contributed by atoms with Crippen LogP contribution in [0.15, 0.2) is 12.1 Å². The third kappa shape index (κ3) is 1.24. The van der Waals surface area contributed by atoms with Crippen molar-refractivity contribution in [3.05, 3.63) is 29.5 Å². The lowest BCUT2D eigenvalue weighted by molar-refractivity contribution is 0.0694. The number of hydrogen-bond acceptors (Lipinski definition) is 3. The number of benzene rings is 1. The molecule has 0 aliphatic carbocycles. The maximum absolute atomic E-state index is 12.8. The lowest BCUT2D eigenvalue weighted by Crippen LogP contribution is -1.96. The second-order valence-corrected chi connectivity index (χ2v) is 3.40. The number of hydrogen-bond donors (Lipinski definition) is 1. The van der Waals surface area contributed by atoms with Crippen molar-refractivity contribution in [2.45, 2.75) is 0 Å². The van der Waals surface area contributed by atoms with E-state index in [2.05, 4.69) is 4.37 Å². The smallest absolute Gasteiger partial charge is 0.356 e. The Hall–Kier alpha value is -1.56. The summed E-state index contributed by atoms with van der Waals surface area (Å²) in [6.45, 7) is 0. The van der Waals surface area contributed by atoms with Gasteiger partial charge in [0.1, 0.15) is 0 Å². The zero-order valence-corrected chi connectivity index (χ0v) is 7.44. The first-order valence-electron chi connectivity index (χ1n) is 3.57. The van der Waals surface area contributed by atoms with Crippen molar-refractivity contribution in [3.8, 4) is 0 Å². The van der Waals surface area contributed by atoms with E-state index in [1.807, 2.05) is 0 Å². The normalized spacial score (nSPS) is 10.7. The molecule has 0 bridgehead atoms. The average Bonchev–Trinajstić information content (AvgIpc) is 2.48. The van der Waals surface area contributed by atoms with Gasteiger partial charge in [0, 0.05) is 5.39 Å². The van der Waals surface area contributed by atoms with E-state index in [1.54, 1.807) is 0 Å². The fourth-order valence-corrected chi connectivity index (χ4v) is 1.86. The van der Waals surface area contributed by atoms with Crippen molar-refractivity contribution < 1.29 is 18.7 Å². The molecule has 0 aliphatic rings. The molecule has 72 valence electrons. The number of rotatable bonds is 1. The van der Waals surface area contributed by atoms with Gasteiger partial charge in [-0.15, -0.1) is 0 Å². The van der Waals surface area contributed by atoms with Gasteiger partial charge in [0.25, 0.3) is 0 Å². The van der Waals surface area contributed by atoms with Gasteiger partial charge in [-0.25, -0.2) is 13.6 Å². The number of aromatic carboxylic acids is 1. The van der Waals surface area contributed by atoms with Crippen molar-refractivity contribution in [3.63, 3.8) is 0 Å². The molecule has 0 spiro atoms. The molecule has 0 saturated heterocycles. The molecule has 2 aromatic rings. The second kappa shape index (κ2) is 2.98. The van der Waals surface area contributed by atoms with Crippen molar-refractivity contribution in [1.82, 2.24) is 4.37 Å². The maximum Gasteiger partial charge on any atom is 0.356 e. The maximum atomic E-state index is 12.8. The van der Waals surface area contributed by atoms with Crippen LogP contribution in [0.3, 0.4) is 0 Å². The summed E-state index contributed by atoms with van der Waals surface area (Å²) in [4.78, 5) is 10.6. The number of carboxylic acid groups (broad SMARTS) is 1.